The lowest BCUT2D eigenvalue weighted by molar-refractivity contribution is 0.856. The van der Waals surface area contributed by atoms with Crippen molar-refractivity contribution < 1.29 is 0 Å². The van der Waals surface area contributed by atoms with E-state index >= 15 is 0 Å². The van der Waals surface area contributed by atoms with Crippen LogP contribution in [0.4, 0.5) is 17.1 Å². The summed E-state index contributed by atoms with van der Waals surface area (Å²) in [6, 6.07) is 48.7. The molecule has 0 amide bonds. The van der Waals surface area contributed by atoms with E-state index in [1.54, 1.807) is 0 Å². The van der Waals surface area contributed by atoms with Crippen LogP contribution in [0.2, 0.25) is 0 Å². The Labute approximate surface area is 270 Å². The van der Waals surface area contributed by atoms with E-state index < -0.39 is 0 Å². The van der Waals surface area contributed by atoms with Gasteiger partial charge >= 0.3 is 0 Å². The van der Waals surface area contributed by atoms with Gasteiger partial charge in [-0.15, -0.1) is 0 Å². The zero-order chi connectivity index (χ0) is 30.5. The molecule has 2 heteroatoms. The van der Waals surface area contributed by atoms with Crippen molar-refractivity contribution in [3.05, 3.63) is 180 Å². The highest BCUT2D eigenvalue weighted by molar-refractivity contribution is 6.04. The Morgan fingerprint density at radius 3 is 2.09 bits per heavy atom. The number of anilines is 3. The molecule has 0 fully saturated rings. The molecule has 2 nitrogen and oxygen atoms in total. The van der Waals surface area contributed by atoms with Gasteiger partial charge in [-0.25, -0.2) is 0 Å². The summed E-state index contributed by atoms with van der Waals surface area (Å²) in [4.78, 5) is 2.48. The third-order valence-corrected chi connectivity index (χ3v) is 9.74. The maximum atomic E-state index is 2.50. The van der Waals surface area contributed by atoms with Crippen LogP contribution in [-0.4, -0.2) is 4.57 Å². The van der Waals surface area contributed by atoms with Crippen molar-refractivity contribution in [2.24, 2.45) is 0 Å². The number of benzene rings is 5. The lowest BCUT2D eigenvalue weighted by Gasteiger charge is -2.28. The van der Waals surface area contributed by atoms with Gasteiger partial charge < -0.3 is 9.47 Å². The molecule has 0 N–H and O–H groups in total. The molecular weight excluding hydrogens is 556 g/mol. The third-order valence-electron chi connectivity index (χ3n) is 9.74. The normalized spacial score (nSPS) is 16.1. The van der Waals surface area contributed by atoms with E-state index in [9.17, 15) is 0 Å². The molecule has 0 saturated heterocycles. The second-order valence-electron chi connectivity index (χ2n) is 12.4. The second-order valence-corrected chi connectivity index (χ2v) is 12.4. The van der Waals surface area contributed by atoms with Crippen LogP contribution in [0.25, 0.3) is 39.7 Å². The van der Waals surface area contributed by atoms with Crippen LogP contribution in [0.15, 0.2) is 158 Å². The summed E-state index contributed by atoms with van der Waals surface area (Å²) in [5.74, 6) is 0.423. The lowest BCUT2D eigenvalue weighted by atomic mass is 9.88. The number of nitrogens with zero attached hydrogens (tertiary/aromatic N) is 2. The van der Waals surface area contributed by atoms with Gasteiger partial charge in [-0.1, -0.05) is 121 Å². The van der Waals surface area contributed by atoms with E-state index in [-0.39, 0.29) is 0 Å². The van der Waals surface area contributed by atoms with Gasteiger partial charge in [0.15, 0.2) is 0 Å². The van der Waals surface area contributed by atoms with Crippen LogP contribution < -0.4 is 4.90 Å². The predicted octanol–water partition coefficient (Wildman–Crippen LogP) is 11.7. The molecule has 0 radical (unpaired) electrons. The number of rotatable bonds is 4. The summed E-state index contributed by atoms with van der Waals surface area (Å²) in [5.41, 5.74) is 16.6. The number of aromatic nitrogens is 1. The molecule has 2 heterocycles. The summed E-state index contributed by atoms with van der Waals surface area (Å²) < 4.78 is 2.50. The van der Waals surface area contributed by atoms with Gasteiger partial charge in [0.25, 0.3) is 0 Å². The zero-order valence-electron chi connectivity index (χ0n) is 25.7. The average molecular weight is 591 g/mol. The van der Waals surface area contributed by atoms with E-state index in [1.807, 2.05) is 0 Å². The Kier molecular flexibility index (Phi) is 6.45. The number of allylic oxidation sites excluding steroid dienone is 5. The standard InChI is InChI=1S/C44H34N2/c1-3-14-31(15-4-1)32-26-28-33(29-27-32)34-16-13-19-36(30-34)45-40-23-10-7-20-37(40)43-38-21-8-11-24-41(38)46(35-17-5-2-6-18-35)44(43)39-22-9-12-25-42(39)45/h1-7,9-20,22-26,28-30,32H,8,21,27H2. The fourth-order valence-corrected chi connectivity index (χ4v) is 7.64. The minimum Gasteiger partial charge on any atom is -0.309 e. The van der Waals surface area contributed by atoms with Crippen LogP contribution in [-0.2, 0) is 6.42 Å². The summed E-state index contributed by atoms with van der Waals surface area (Å²) >= 11 is 0. The molecule has 1 unspecified atom stereocenters. The zero-order valence-corrected chi connectivity index (χ0v) is 25.7. The maximum Gasteiger partial charge on any atom is 0.0637 e. The molecule has 46 heavy (non-hydrogen) atoms. The van der Waals surface area contributed by atoms with Gasteiger partial charge in [-0.2, -0.15) is 0 Å². The first-order valence-electron chi connectivity index (χ1n) is 16.4. The third kappa shape index (κ3) is 4.33. The topological polar surface area (TPSA) is 8.17 Å². The molecule has 5 aromatic carbocycles. The Balaban J connectivity index is 1.22. The molecular formula is C44H34N2. The van der Waals surface area contributed by atoms with E-state index in [1.165, 1.54) is 73.1 Å². The quantitative estimate of drug-likeness (QED) is 0.198. The van der Waals surface area contributed by atoms with Gasteiger partial charge in [0.05, 0.1) is 17.1 Å². The van der Waals surface area contributed by atoms with Gasteiger partial charge in [0, 0.05) is 39.7 Å². The van der Waals surface area contributed by atoms with Gasteiger partial charge in [-0.3, -0.25) is 0 Å². The van der Waals surface area contributed by atoms with Crippen LogP contribution in [0.3, 0.4) is 0 Å². The predicted molar refractivity (Wildman–Crippen MR) is 193 cm³/mol. The monoisotopic (exact) mass is 590 g/mol. The fourth-order valence-electron chi connectivity index (χ4n) is 7.64. The molecule has 6 aromatic rings. The molecule has 1 atom stereocenters. The molecule has 2 aliphatic carbocycles. The van der Waals surface area contributed by atoms with Crippen LogP contribution in [0.5, 0.6) is 0 Å². The minimum atomic E-state index is 0.423. The van der Waals surface area contributed by atoms with Crippen LogP contribution >= 0.6 is 0 Å². The lowest BCUT2D eigenvalue weighted by Crippen LogP contribution is -2.12. The Hall–Kier alpha value is -5.60. The number of fused-ring (bicyclic) bond motifs is 7. The summed E-state index contributed by atoms with van der Waals surface area (Å²) in [7, 11) is 0. The van der Waals surface area contributed by atoms with Crippen LogP contribution in [0.1, 0.15) is 41.1 Å². The Bertz CT molecular complexity index is 2180. The van der Waals surface area contributed by atoms with Crippen molar-refractivity contribution in [1.82, 2.24) is 4.57 Å². The second kappa shape index (κ2) is 11.1. The highest BCUT2D eigenvalue weighted by Gasteiger charge is 2.33. The molecule has 0 bridgehead atoms. The Morgan fingerprint density at radius 2 is 1.30 bits per heavy atom. The van der Waals surface area contributed by atoms with Gasteiger partial charge in [0.1, 0.15) is 0 Å². The molecule has 1 aromatic heterocycles. The molecule has 1 aliphatic heterocycles. The largest absolute Gasteiger partial charge is 0.309 e. The number of hydrogen-bond acceptors (Lipinski definition) is 1. The van der Waals surface area contributed by atoms with E-state index in [2.05, 4.69) is 173 Å². The SMILES string of the molecule is C1=Cc2c(c3c(n2-c2ccccc2)-c2ccccc2N(c2cccc(C4=CCC(c5ccccc5)C=C4)c2)c2ccccc2-3)CC1. The van der Waals surface area contributed by atoms with Gasteiger partial charge in [-0.05, 0) is 84.0 Å². The molecule has 9 rings (SSSR count). The highest BCUT2D eigenvalue weighted by Crippen LogP contribution is 2.54. The van der Waals surface area contributed by atoms with E-state index in [0.717, 1.165) is 19.3 Å². The Morgan fingerprint density at radius 1 is 0.609 bits per heavy atom. The van der Waals surface area contributed by atoms with Crippen molar-refractivity contribution in [3.63, 3.8) is 0 Å². The maximum absolute atomic E-state index is 2.50. The van der Waals surface area contributed by atoms with E-state index in [4.69, 9.17) is 0 Å². The minimum absolute atomic E-state index is 0.423. The van der Waals surface area contributed by atoms with Crippen molar-refractivity contribution in [3.8, 4) is 28.1 Å². The average Bonchev–Trinajstić information content (AvgIpc) is 3.42. The number of hydrogen-bond donors (Lipinski definition) is 0. The van der Waals surface area contributed by atoms with Crippen molar-refractivity contribution >= 4 is 28.7 Å². The summed E-state index contributed by atoms with van der Waals surface area (Å²) in [5, 5.41) is 0. The first-order chi connectivity index (χ1) is 22.8. The summed E-state index contributed by atoms with van der Waals surface area (Å²) in [6.45, 7) is 0. The molecule has 0 saturated carbocycles. The first-order valence-corrected chi connectivity index (χ1v) is 16.4. The smallest absolute Gasteiger partial charge is 0.0637 e. The van der Waals surface area contributed by atoms with E-state index in [0.29, 0.717) is 5.92 Å². The highest BCUT2D eigenvalue weighted by atomic mass is 15.2. The molecule has 3 aliphatic rings. The van der Waals surface area contributed by atoms with Crippen molar-refractivity contribution in [2.45, 2.75) is 25.2 Å². The molecule has 220 valence electrons. The molecule has 0 spiro atoms. The van der Waals surface area contributed by atoms with Gasteiger partial charge in [0.2, 0.25) is 0 Å². The van der Waals surface area contributed by atoms with Crippen LogP contribution in [0, 0.1) is 0 Å². The first kappa shape index (κ1) is 26.8. The fraction of sp³-hybridized carbons (Fsp3) is 0.0909. The van der Waals surface area contributed by atoms with Crippen molar-refractivity contribution in [1.29, 1.82) is 0 Å². The van der Waals surface area contributed by atoms with Crippen molar-refractivity contribution in [2.75, 3.05) is 4.90 Å². The summed E-state index contributed by atoms with van der Waals surface area (Å²) in [6.07, 6.45) is 14.8. The number of para-hydroxylation sites is 3.